The van der Waals surface area contributed by atoms with Gasteiger partial charge in [0.1, 0.15) is 35.1 Å². The summed E-state index contributed by atoms with van der Waals surface area (Å²) in [5.41, 5.74) is 46.7. The number of aliphatic imine (C=N–C) groups is 3. The molecule has 16 N–H and O–H groups in total. The molecule has 0 aliphatic carbocycles. The SMILES string of the molecule is C=C1C(=O)C(C)=[N+](C)N=C1N.C=C1C(C)=C(C)C(=O)NC1N.C=C1C=C(C)N(C)N=C1N.C=C1N=C(C)N(C)NC1=N.C=C1OC(C)=C(C)N=C1N.C=C1SC(C)=C(C)N=C1N.Cc1[nH]c(N)c(C)c1C. The molecule has 384 valence electrons. The van der Waals surface area contributed by atoms with Crippen LogP contribution in [-0.2, 0) is 14.3 Å². The van der Waals surface area contributed by atoms with Crippen LogP contribution >= 0.6 is 11.8 Å². The summed E-state index contributed by atoms with van der Waals surface area (Å²) in [6.07, 6.45) is 1.49. The quantitative estimate of drug-likeness (QED) is 0.116. The highest BCUT2D eigenvalue weighted by Crippen LogP contribution is 2.30. The molecule has 0 bridgehead atoms. The number of amides is 1. The number of hydrogen-bond acceptors (Lipinski definition) is 18. The maximum absolute atomic E-state index is 11.2. The standard InChI is InChI=1S/C8H12N2O.C7H9N3O.C7H11N3.C7H10N2O.C7H10N2S.C7H12N2.C6H10N4/c1-4-5(2)7(9)10-8(11)6(4)3;1-4-6(11)5(2)10(3)9-7(4)8;1-5-4-6(2)10(3)9-7(5)8;2*1-4-5(2)10-6(3)7(8)9-4;1-4-5(2)7(8)9-6(4)3;1-4-6(7)9-10(3)5(2)8-4/h7H,2,9H2,1,3H3,(H,10,11);1H2,2-3H3,(H-,8,9,11);4H,1H2,2-3H3,(H2,8,9);2*3H2,1-2H3,(H2,8,9);9H,8H2,1-3H3;1H2,2-3H3,(H2,7,9)/p+1. The smallest absolute Gasteiger partial charge is 0.257 e. The second-order valence-corrected chi connectivity index (χ2v) is 17.7. The Hall–Kier alpha value is -7.98. The Bertz CT molecular complexity index is 2650. The summed E-state index contributed by atoms with van der Waals surface area (Å²) in [5, 5.41) is 21.1. The Morgan fingerprint density at radius 1 is 0.775 bits per heavy atom. The van der Waals surface area contributed by atoms with Gasteiger partial charge in [-0.05, 0) is 105 Å². The molecule has 1 unspecified atom stereocenters. The van der Waals surface area contributed by atoms with Gasteiger partial charge in [-0.1, -0.05) is 55.9 Å². The number of aryl methyl sites for hydroxylation is 1. The number of carbonyl (C=O) groups excluding carboxylic acids is 2. The molecule has 0 spiro atoms. The highest BCUT2D eigenvalue weighted by atomic mass is 32.2. The van der Waals surface area contributed by atoms with Crippen LogP contribution in [0.4, 0.5) is 5.82 Å². The van der Waals surface area contributed by atoms with Crippen LogP contribution in [0.1, 0.15) is 79.1 Å². The number of nitrogen functional groups attached to an aromatic ring is 1. The normalized spacial score (nSPS) is 18.8. The molecule has 0 fully saturated rings. The molecule has 1 amide bonds. The molecule has 1 atom stereocenters. The van der Waals surface area contributed by atoms with Gasteiger partial charge in [0.25, 0.3) is 11.5 Å². The van der Waals surface area contributed by atoms with Crippen LogP contribution in [0.2, 0.25) is 0 Å². The number of aromatic nitrogens is 1. The topological polar surface area (TPSA) is 334 Å². The van der Waals surface area contributed by atoms with Crippen molar-refractivity contribution in [3.05, 3.63) is 134 Å². The summed E-state index contributed by atoms with van der Waals surface area (Å²) in [6.45, 7) is 44.8. The zero-order valence-electron chi connectivity index (χ0n) is 44.1. The highest BCUT2D eigenvalue weighted by molar-refractivity contribution is 8.07. The number of aromatic amines is 1. The molecule has 21 nitrogen and oxygen atoms in total. The number of thioether (sulfide) groups is 1. The maximum atomic E-state index is 11.2. The van der Waals surface area contributed by atoms with Gasteiger partial charge in [-0.15, -0.1) is 0 Å². The molecule has 0 saturated heterocycles. The molecule has 7 heterocycles. The summed E-state index contributed by atoms with van der Waals surface area (Å²) in [5.74, 6) is 4.44. The van der Waals surface area contributed by atoms with E-state index in [1.165, 1.54) is 26.4 Å². The van der Waals surface area contributed by atoms with Crippen molar-refractivity contribution >= 4 is 70.0 Å². The van der Waals surface area contributed by atoms with E-state index in [9.17, 15) is 9.59 Å². The van der Waals surface area contributed by atoms with Gasteiger partial charge in [-0.3, -0.25) is 30.4 Å². The third kappa shape index (κ3) is 17.8. The van der Waals surface area contributed by atoms with Crippen LogP contribution in [-0.4, -0.2) is 99.4 Å². The lowest BCUT2D eigenvalue weighted by Crippen LogP contribution is -2.46. The fourth-order valence-corrected chi connectivity index (χ4v) is 5.97. The summed E-state index contributed by atoms with van der Waals surface area (Å²) in [6, 6.07) is 0. The van der Waals surface area contributed by atoms with Crippen LogP contribution in [0, 0.1) is 26.2 Å². The molecule has 6 aliphatic heterocycles. The molecule has 0 saturated carbocycles. The van der Waals surface area contributed by atoms with Crippen LogP contribution in [0.3, 0.4) is 0 Å². The number of nitrogens with two attached hydrogens (primary N) is 6. The van der Waals surface area contributed by atoms with Crippen molar-refractivity contribution in [1.29, 1.82) is 5.41 Å². The van der Waals surface area contributed by atoms with Crippen molar-refractivity contribution in [1.82, 2.24) is 25.7 Å². The summed E-state index contributed by atoms with van der Waals surface area (Å²) >= 11 is 1.59. The lowest BCUT2D eigenvalue weighted by atomic mass is 9.97. The van der Waals surface area contributed by atoms with Crippen LogP contribution in [0.5, 0.6) is 0 Å². The van der Waals surface area contributed by atoms with Gasteiger partial charge in [0, 0.05) is 64.2 Å². The summed E-state index contributed by atoms with van der Waals surface area (Å²) in [4.78, 5) is 39.5. The number of hydrazine groups is 1. The maximum Gasteiger partial charge on any atom is 0.257 e. The van der Waals surface area contributed by atoms with Crippen molar-refractivity contribution in [2.75, 3.05) is 26.9 Å². The molecular formula is C49H75N18O3S+. The first-order valence-corrected chi connectivity index (χ1v) is 22.5. The fourth-order valence-electron chi connectivity index (χ4n) is 5.26. The predicted octanol–water partition coefficient (Wildman–Crippen LogP) is 5.32. The van der Waals surface area contributed by atoms with Crippen LogP contribution in [0.25, 0.3) is 0 Å². The van der Waals surface area contributed by atoms with E-state index in [1.54, 1.807) is 49.7 Å². The number of ketones is 1. The molecule has 1 aromatic rings. The monoisotopic (exact) mass is 996 g/mol. The van der Waals surface area contributed by atoms with Crippen molar-refractivity contribution in [3.8, 4) is 0 Å². The Morgan fingerprint density at radius 3 is 1.80 bits per heavy atom. The number of hydrazone groups is 2. The molecule has 71 heavy (non-hydrogen) atoms. The summed E-state index contributed by atoms with van der Waals surface area (Å²) < 4.78 is 6.59. The van der Waals surface area contributed by atoms with Crippen molar-refractivity contribution in [2.45, 2.75) is 89.3 Å². The first-order valence-electron chi connectivity index (χ1n) is 21.7. The summed E-state index contributed by atoms with van der Waals surface area (Å²) in [7, 11) is 5.33. The molecule has 1 aromatic heterocycles. The Labute approximate surface area is 423 Å². The van der Waals surface area contributed by atoms with Gasteiger partial charge >= 0.3 is 0 Å². The van der Waals surface area contributed by atoms with E-state index in [4.69, 9.17) is 44.5 Å². The second-order valence-electron chi connectivity index (χ2n) is 16.3. The number of amidine groups is 6. The molecule has 0 aromatic carbocycles. The average Bonchev–Trinajstić information content (AvgIpc) is 3.51. The first kappa shape index (κ1) is 61.0. The molecule has 7 rings (SSSR count). The van der Waals surface area contributed by atoms with Gasteiger partial charge < -0.3 is 49.4 Å². The zero-order valence-corrected chi connectivity index (χ0v) is 44.9. The van der Waals surface area contributed by atoms with E-state index in [0.29, 0.717) is 40.2 Å². The lowest BCUT2D eigenvalue weighted by molar-refractivity contribution is -0.502. The number of Topliss-reactive ketones (excluding diaryl/α,β-unsaturated/α-hetero) is 1. The van der Waals surface area contributed by atoms with Gasteiger partial charge in [-0.25, -0.2) is 15.0 Å². The van der Waals surface area contributed by atoms with E-state index >= 15 is 0 Å². The Morgan fingerprint density at radius 2 is 1.34 bits per heavy atom. The number of rotatable bonds is 0. The average molecular weight is 996 g/mol. The second kappa shape index (κ2) is 26.7. The Balaban J connectivity index is 0.000000414. The number of hydrogen-bond donors (Lipinski definition) is 10. The zero-order chi connectivity index (χ0) is 55.1. The van der Waals surface area contributed by atoms with Gasteiger partial charge in [-0.2, -0.15) is 5.10 Å². The minimum atomic E-state index is -0.411. The molecule has 0 radical (unpaired) electrons. The number of nitrogens with one attached hydrogen (secondary N) is 4. The minimum absolute atomic E-state index is 0.0950. The fraction of sp³-hybridized carbons (Fsp3) is 0.327. The van der Waals surface area contributed by atoms with Crippen molar-refractivity contribution < 1.29 is 19.0 Å². The van der Waals surface area contributed by atoms with Gasteiger partial charge in [0.15, 0.2) is 30.3 Å². The van der Waals surface area contributed by atoms with E-state index in [0.717, 1.165) is 56.1 Å². The van der Waals surface area contributed by atoms with Crippen LogP contribution in [0.15, 0.2) is 143 Å². The first-order chi connectivity index (χ1) is 32.6. The third-order valence-electron chi connectivity index (χ3n) is 11.1. The highest BCUT2D eigenvalue weighted by Gasteiger charge is 2.27. The largest absolute Gasteiger partial charge is 0.457 e. The van der Waals surface area contributed by atoms with E-state index in [2.05, 4.69) is 87.3 Å². The number of allylic oxidation sites excluding steroid dienone is 5. The number of anilines is 1. The number of ether oxygens (including phenoxy) is 1. The van der Waals surface area contributed by atoms with E-state index in [-0.39, 0.29) is 28.9 Å². The molecular weight excluding hydrogens is 921 g/mol. The molecule has 6 aliphatic rings. The predicted molar refractivity (Wildman–Crippen MR) is 296 cm³/mol. The van der Waals surface area contributed by atoms with Gasteiger partial charge in [0.2, 0.25) is 11.7 Å². The number of nitrogens with zero attached hydrogens (tertiary/aromatic N) is 8. The third-order valence-corrected chi connectivity index (χ3v) is 12.2. The van der Waals surface area contributed by atoms with Gasteiger partial charge in [0.05, 0.1) is 11.3 Å². The Kier molecular flexibility index (Phi) is 22.9. The number of carbonyl (C=O) groups is 2. The number of H-pyrrole nitrogens is 1. The van der Waals surface area contributed by atoms with E-state index in [1.807, 2.05) is 75.4 Å². The molecule has 22 heteroatoms. The minimum Gasteiger partial charge on any atom is -0.457 e. The van der Waals surface area contributed by atoms with Crippen LogP contribution < -0.4 is 45.1 Å². The van der Waals surface area contributed by atoms with Crippen molar-refractivity contribution in [3.63, 3.8) is 0 Å². The van der Waals surface area contributed by atoms with E-state index < -0.39 is 6.17 Å². The van der Waals surface area contributed by atoms with Crippen molar-refractivity contribution in [2.24, 2.45) is 53.8 Å². The lowest BCUT2D eigenvalue weighted by Gasteiger charge is -2.25.